The van der Waals surface area contributed by atoms with Crippen molar-refractivity contribution in [3.8, 4) is 0 Å². The summed E-state index contributed by atoms with van der Waals surface area (Å²) in [5.41, 5.74) is 0. The van der Waals surface area contributed by atoms with Crippen LogP contribution in [0, 0.1) is 5.92 Å². The van der Waals surface area contributed by atoms with E-state index in [2.05, 4.69) is 15.5 Å². The van der Waals surface area contributed by atoms with Crippen LogP contribution in [0.4, 0.5) is 5.13 Å². The van der Waals surface area contributed by atoms with Gasteiger partial charge in [0.05, 0.1) is 0 Å². The predicted molar refractivity (Wildman–Crippen MR) is 60.0 cm³/mol. The van der Waals surface area contributed by atoms with Crippen molar-refractivity contribution in [2.24, 2.45) is 5.92 Å². The van der Waals surface area contributed by atoms with Crippen LogP contribution in [0.1, 0.15) is 44.0 Å². The first kappa shape index (κ1) is 10.5. The van der Waals surface area contributed by atoms with E-state index in [-0.39, 0.29) is 5.91 Å². The van der Waals surface area contributed by atoms with E-state index in [1.54, 1.807) is 0 Å². The molecular weight excluding hydrogens is 210 g/mol. The van der Waals surface area contributed by atoms with Crippen LogP contribution in [0.15, 0.2) is 0 Å². The first-order chi connectivity index (χ1) is 7.15. The smallest absolute Gasteiger partial charge is 0.226 e. The fraction of sp³-hybridized carbons (Fsp3) is 0.700. The lowest BCUT2D eigenvalue weighted by molar-refractivity contribution is -0.116. The van der Waals surface area contributed by atoms with Crippen LogP contribution in [0.5, 0.6) is 0 Å². The van der Waals surface area contributed by atoms with Crippen LogP contribution in [0.2, 0.25) is 0 Å². The van der Waals surface area contributed by atoms with Crippen LogP contribution in [-0.2, 0) is 4.79 Å². The molecule has 0 aliphatic heterocycles. The van der Waals surface area contributed by atoms with Gasteiger partial charge in [-0.05, 0) is 18.8 Å². The fourth-order valence-corrected chi connectivity index (χ4v) is 2.25. The summed E-state index contributed by atoms with van der Waals surface area (Å²) in [6, 6.07) is 0. The van der Waals surface area contributed by atoms with Crippen LogP contribution in [0.3, 0.4) is 0 Å². The Balaban J connectivity index is 1.89. The van der Waals surface area contributed by atoms with Crippen molar-refractivity contribution < 1.29 is 4.79 Å². The molecule has 1 aromatic rings. The second-order valence-corrected chi connectivity index (χ2v) is 5.37. The molecule has 0 bridgehead atoms. The first-order valence-electron chi connectivity index (χ1n) is 5.28. The highest BCUT2D eigenvalue weighted by atomic mass is 32.1. The summed E-state index contributed by atoms with van der Waals surface area (Å²) in [7, 11) is 0. The monoisotopic (exact) mass is 225 g/mol. The Kier molecular flexibility index (Phi) is 3.00. The molecule has 1 aromatic heterocycles. The van der Waals surface area contributed by atoms with Gasteiger partial charge in [0.1, 0.15) is 5.01 Å². The highest BCUT2D eigenvalue weighted by Gasteiger charge is 2.27. The van der Waals surface area contributed by atoms with Crippen molar-refractivity contribution in [1.29, 1.82) is 0 Å². The van der Waals surface area contributed by atoms with Crippen LogP contribution in [0.25, 0.3) is 0 Å². The van der Waals surface area contributed by atoms with E-state index in [0.717, 1.165) is 5.01 Å². The Morgan fingerprint density at radius 1 is 1.53 bits per heavy atom. The van der Waals surface area contributed by atoms with Gasteiger partial charge in [-0.1, -0.05) is 25.2 Å². The van der Waals surface area contributed by atoms with E-state index in [0.29, 0.717) is 23.4 Å². The quantitative estimate of drug-likeness (QED) is 0.856. The maximum absolute atomic E-state index is 11.4. The maximum Gasteiger partial charge on any atom is 0.226 e. The average Bonchev–Trinajstić information content (AvgIpc) is 2.87. The number of rotatable bonds is 4. The van der Waals surface area contributed by atoms with Crippen LogP contribution in [-0.4, -0.2) is 16.1 Å². The summed E-state index contributed by atoms with van der Waals surface area (Å²) >= 11 is 1.50. The molecule has 82 valence electrons. The molecule has 1 aliphatic carbocycles. The molecule has 1 fully saturated rings. The minimum absolute atomic E-state index is 0.0310. The van der Waals surface area contributed by atoms with Gasteiger partial charge in [0.25, 0.3) is 0 Å². The predicted octanol–water partition coefficient (Wildman–Crippen LogP) is 2.40. The number of hydrogen-bond donors (Lipinski definition) is 1. The van der Waals surface area contributed by atoms with E-state index in [1.165, 1.54) is 24.2 Å². The second kappa shape index (κ2) is 4.26. The lowest BCUT2D eigenvalue weighted by Crippen LogP contribution is -2.13. The van der Waals surface area contributed by atoms with Gasteiger partial charge in [0.15, 0.2) is 0 Å². The lowest BCUT2D eigenvalue weighted by Gasteiger charge is -2.02. The topological polar surface area (TPSA) is 54.9 Å². The van der Waals surface area contributed by atoms with Crippen molar-refractivity contribution >= 4 is 22.4 Å². The van der Waals surface area contributed by atoms with E-state index in [1.807, 2.05) is 13.8 Å². The van der Waals surface area contributed by atoms with E-state index >= 15 is 0 Å². The Hall–Kier alpha value is -0.970. The molecule has 1 amide bonds. The number of nitrogens with zero attached hydrogens (tertiary/aromatic N) is 2. The number of carbonyl (C=O) groups is 1. The molecule has 0 aromatic carbocycles. The van der Waals surface area contributed by atoms with Gasteiger partial charge in [0.2, 0.25) is 11.0 Å². The molecule has 0 atom stereocenters. The van der Waals surface area contributed by atoms with Crippen LogP contribution >= 0.6 is 11.3 Å². The third-order valence-electron chi connectivity index (χ3n) is 2.21. The molecule has 0 unspecified atom stereocenters. The Morgan fingerprint density at radius 3 is 2.87 bits per heavy atom. The number of hydrogen-bond acceptors (Lipinski definition) is 4. The first-order valence-corrected chi connectivity index (χ1v) is 6.10. The molecule has 0 saturated heterocycles. The van der Waals surface area contributed by atoms with E-state index in [9.17, 15) is 4.79 Å². The van der Waals surface area contributed by atoms with Gasteiger partial charge in [-0.15, -0.1) is 10.2 Å². The average molecular weight is 225 g/mol. The zero-order valence-corrected chi connectivity index (χ0v) is 9.80. The molecule has 1 aliphatic rings. The molecule has 5 heteroatoms. The standard InChI is InChI=1S/C10H15N3OS/c1-6(2)5-8(14)11-10-13-12-9(15-10)7-3-4-7/h6-7H,3-5H2,1-2H3,(H,11,13,14). The highest BCUT2D eigenvalue weighted by molar-refractivity contribution is 7.15. The molecular formula is C10H15N3OS. The Bertz CT molecular complexity index is 357. The third-order valence-corrected chi connectivity index (χ3v) is 3.21. The van der Waals surface area contributed by atoms with Crippen molar-refractivity contribution in [2.45, 2.75) is 39.0 Å². The molecule has 1 N–H and O–H groups in total. The third kappa shape index (κ3) is 2.99. The number of carbonyl (C=O) groups excluding carboxylic acids is 1. The van der Waals surface area contributed by atoms with E-state index < -0.39 is 0 Å². The summed E-state index contributed by atoms with van der Waals surface area (Å²) in [4.78, 5) is 11.4. The fourth-order valence-electron chi connectivity index (χ4n) is 1.32. The summed E-state index contributed by atoms with van der Waals surface area (Å²) < 4.78 is 0. The van der Waals surface area contributed by atoms with Gasteiger partial charge >= 0.3 is 0 Å². The maximum atomic E-state index is 11.4. The molecule has 0 spiro atoms. The normalized spacial score (nSPS) is 15.7. The number of amides is 1. The summed E-state index contributed by atoms with van der Waals surface area (Å²) in [5.74, 6) is 1.02. The van der Waals surface area contributed by atoms with Gasteiger partial charge in [-0.2, -0.15) is 0 Å². The van der Waals surface area contributed by atoms with Gasteiger partial charge in [-0.25, -0.2) is 0 Å². The molecule has 15 heavy (non-hydrogen) atoms. The van der Waals surface area contributed by atoms with Crippen molar-refractivity contribution in [1.82, 2.24) is 10.2 Å². The Labute approximate surface area is 93.1 Å². The molecule has 0 radical (unpaired) electrons. The minimum Gasteiger partial charge on any atom is -0.301 e. The zero-order valence-electron chi connectivity index (χ0n) is 8.99. The largest absolute Gasteiger partial charge is 0.301 e. The minimum atomic E-state index is 0.0310. The van der Waals surface area contributed by atoms with Crippen molar-refractivity contribution in [3.05, 3.63) is 5.01 Å². The van der Waals surface area contributed by atoms with Crippen molar-refractivity contribution in [2.75, 3.05) is 5.32 Å². The highest BCUT2D eigenvalue weighted by Crippen LogP contribution is 2.42. The number of aromatic nitrogens is 2. The molecule has 1 heterocycles. The zero-order chi connectivity index (χ0) is 10.8. The number of anilines is 1. The SMILES string of the molecule is CC(C)CC(=O)Nc1nnc(C2CC2)s1. The van der Waals surface area contributed by atoms with Gasteiger partial charge in [-0.3, -0.25) is 4.79 Å². The van der Waals surface area contributed by atoms with Crippen LogP contribution < -0.4 is 5.32 Å². The summed E-state index contributed by atoms with van der Waals surface area (Å²) in [6.45, 7) is 4.05. The van der Waals surface area contributed by atoms with E-state index in [4.69, 9.17) is 0 Å². The number of nitrogens with one attached hydrogen (secondary N) is 1. The molecule has 2 rings (SSSR count). The Morgan fingerprint density at radius 2 is 2.27 bits per heavy atom. The summed E-state index contributed by atoms with van der Waals surface area (Å²) in [5, 5.41) is 12.5. The lowest BCUT2D eigenvalue weighted by atomic mass is 10.1. The van der Waals surface area contributed by atoms with Gasteiger partial charge < -0.3 is 5.32 Å². The summed E-state index contributed by atoms with van der Waals surface area (Å²) in [6.07, 6.45) is 2.97. The molecule has 4 nitrogen and oxygen atoms in total. The van der Waals surface area contributed by atoms with Gasteiger partial charge in [0, 0.05) is 12.3 Å². The second-order valence-electron chi connectivity index (χ2n) is 4.37. The molecule has 1 saturated carbocycles. The van der Waals surface area contributed by atoms with Crippen molar-refractivity contribution in [3.63, 3.8) is 0 Å².